The van der Waals surface area contributed by atoms with Crippen LogP contribution in [0.15, 0.2) is 45.6 Å². The molecule has 0 spiro atoms. The van der Waals surface area contributed by atoms with Gasteiger partial charge in [0, 0.05) is 12.8 Å². The second kappa shape index (κ2) is 4.04. The maximum Gasteiger partial charge on any atom is 0.203 e. The van der Waals surface area contributed by atoms with Crippen LogP contribution in [-0.2, 0) is 6.42 Å². The Morgan fingerprint density at radius 1 is 0.950 bits per heavy atom. The lowest BCUT2D eigenvalue weighted by molar-refractivity contribution is 0.0966. The van der Waals surface area contributed by atoms with Gasteiger partial charge >= 0.3 is 0 Å². The average Bonchev–Trinajstić information content (AvgIpc) is 2.46. The van der Waals surface area contributed by atoms with Crippen molar-refractivity contribution >= 4 is 27.5 Å². The molecular formula is C17H12O3. The number of Topliss-reactive ketones (excluding diaryl/α,β-unsaturated/α-hetero) is 1. The molecule has 0 unspecified atom stereocenters. The molecule has 0 radical (unpaired) electrons. The molecule has 3 nitrogen and oxygen atoms in total. The second-order valence-corrected chi connectivity index (χ2v) is 5.20. The zero-order valence-corrected chi connectivity index (χ0v) is 10.8. The molecule has 0 saturated carbocycles. The highest BCUT2D eigenvalue weighted by atomic mass is 16.3. The standard InChI is InChI=1S/C17H12O3/c18-13-6-3-7-14-16(13)17(19)12-8-10-4-1-2-5-11(10)9-15(12)20-14/h1-2,4-5,8-9H,3,6-7H2. The quantitative estimate of drug-likeness (QED) is 0.584. The van der Waals surface area contributed by atoms with Gasteiger partial charge in [-0.15, -0.1) is 0 Å². The minimum absolute atomic E-state index is 0.0879. The van der Waals surface area contributed by atoms with Gasteiger partial charge in [-0.3, -0.25) is 9.59 Å². The van der Waals surface area contributed by atoms with Gasteiger partial charge in [0.1, 0.15) is 16.9 Å². The van der Waals surface area contributed by atoms with Crippen LogP contribution >= 0.6 is 0 Å². The maximum atomic E-state index is 12.5. The highest BCUT2D eigenvalue weighted by Crippen LogP contribution is 2.26. The van der Waals surface area contributed by atoms with Crippen molar-refractivity contribution in [2.45, 2.75) is 19.3 Å². The third-order valence-electron chi connectivity index (χ3n) is 3.92. The van der Waals surface area contributed by atoms with E-state index in [0.29, 0.717) is 29.6 Å². The van der Waals surface area contributed by atoms with Crippen LogP contribution < -0.4 is 5.43 Å². The van der Waals surface area contributed by atoms with E-state index >= 15 is 0 Å². The number of carbonyl (C=O) groups excluding carboxylic acids is 1. The number of benzene rings is 2. The van der Waals surface area contributed by atoms with E-state index in [1.165, 1.54) is 0 Å². The minimum atomic E-state index is -0.184. The van der Waals surface area contributed by atoms with Crippen LogP contribution in [-0.4, -0.2) is 5.78 Å². The summed E-state index contributed by atoms with van der Waals surface area (Å²) in [5, 5.41) is 2.51. The Kier molecular flexibility index (Phi) is 2.30. The lowest BCUT2D eigenvalue weighted by atomic mass is 9.94. The van der Waals surface area contributed by atoms with Crippen LogP contribution in [0.2, 0.25) is 0 Å². The fourth-order valence-electron chi connectivity index (χ4n) is 2.92. The monoisotopic (exact) mass is 264 g/mol. The summed E-state index contributed by atoms with van der Waals surface area (Å²) in [5.74, 6) is 0.462. The highest BCUT2D eigenvalue weighted by Gasteiger charge is 2.24. The van der Waals surface area contributed by atoms with E-state index in [1.807, 2.05) is 36.4 Å². The number of fused-ring (bicyclic) bond motifs is 3. The molecule has 0 aliphatic heterocycles. The summed E-state index contributed by atoms with van der Waals surface area (Å²) in [7, 11) is 0. The van der Waals surface area contributed by atoms with E-state index in [4.69, 9.17) is 4.42 Å². The third-order valence-corrected chi connectivity index (χ3v) is 3.92. The van der Waals surface area contributed by atoms with Crippen molar-refractivity contribution in [1.29, 1.82) is 0 Å². The first kappa shape index (κ1) is 11.4. The number of carbonyl (C=O) groups is 1. The largest absolute Gasteiger partial charge is 0.460 e. The molecule has 0 bridgehead atoms. The zero-order valence-electron chi connectivity index (χ0n) is 10.8. The van der Waals surface area contributed by atoms with E-state index < -0.39 is 0 Å². The van der Waals surface area contributed by atoms with Gasteiger partial charge in [-0.25, -0.2) is 0 Å². The summed E-state index contributed by atoms with van der Waals surface area (Å²) in [6, 6.07) is 11.5. The van der Waals surface area contributed by atoms with Gasteiger partial charge < -0.3 is 4.42 Å². The Morgan fingerprint density at radius 3 is 2.50 bits per heavy atom. The van der Waals surface area contributed by atoms with Gasteiger partial charge in [0.15, 0.2) is 5.78 Å². The molecule has 1 heterocycles. The molecule has 3 heteroatoms. The average molecular weight is 264 g/mol. The maximum absolute atomic E-state index is 12.5. The van der Waals surface area contributed by atoms with E-state index in [1.54, 1.807) is 0 Å². The van der Waals surface area contributed by atoms with E-state index in [-0.39, 0.29) is 16.8 Å². The van der Waals surface area contributed by atoms with Crippen LogP contribution in [0.25, 0.3) is 21.7 Å². The molecule has 4 rings (SSSR count). The summed E-state index contributed by atoms with van der Waals surface area (Å²) in [6.45, 7) is 0. The molecule has 20 heavy (non-hydrogen) atoms. The topological polar surface area (TPSA) is 47.3 Å². The zero-order chi connectivity index (χ0) is 13.7. The molecule has 0 fully saturated rings. The SMILES string of the molecule is O=C1CCCc2oc3cc4ccccc4cc3c(=O)c21. The molecule has 0 atom stereocenters. The van der Waals surface area contributed by atoms with Crippen LogP contribution in [0, 0.1) is 0 Å². The fraction of sp³-hybridized carbons (Fsp3) is 0.176. The van der Waals surface area contributed by atoms with Crippen LogP contribution in [0.1, 0.15) is 29.0 Å². The number of rotatable bonds is 0. The normalized spacial score (nSPS) is 14.7. The van der Waals surface area contributed by atoms with Crippen molar-refractivity contribution in [3.05, 3.63) is 57.9 Å². The first-order valence-electron chi connectivity index (χ1n) is 6.76. The van der Waals surface area contributed by atoms with Crippen molar-refractivity contribution in [3.63, 3.8) is 0 Å². The van der Waals surface area contributed by atoms with Crippen molar-refractivity contribution < 1.29 is 9.21 Å². The van der Waals surface area contributed by atoms with Crippen molar-refractivity contribution in [1.82, 2.24) is 0 Å². The highest BCUT2D eigenvalue weighted by molar-refractivity contribution is 6.02. The molecule has 0 N–H and O–H groups in total. The van der Waals surface area contributed by atoms with Crippen LogP contribution in [0.5, 0.6) is 0 Å². The van der Waals surface area contributed by atoms with Crippen LogP contribution in [0.4, 0.5) is 0 Å². The molecule has 2 aromatic carbocycles. The Bertz CT molecular complexity index is 919. The first-order chi connectivity index (χ1) is 9.74. The minimum Gasteiger partial charge on any atom is -0.460 e. The molecular weight excluding hydrogens is 252 g/mol. The Hall–Kier alpha value is -2.42. The molecule has 0 amide bonds. The van der Waals surface area contributed by atoms with Crippen LogP contribution in [0.3, 0.4) is 0 Å². The summed E-state index contributed by atoms with van der Waals surface area (Å²) in [5.41, 5.74) is 0.651. The number of hydrogen-bond acceptors (Lipinski definition) is 3. The fourth-order valence-corrected chi connectivity index (χ4v) is 2.92. The van der Waals surface area contributed by atoms with Gasteiger partial charge in [0.25, 0.3) is 0 Å². The van der Waals surface area contributed by atoms with Crippen molar-refractivity contribution in [2.24, 2.45) is 0 Å². The predicted molar refractivity (Wildman–Crippen MR) is 77.3 cm³/mol. The summed E-state index contributed by atoms with van der Waals surface area (Å²) in [6.07, 6.45) is 1.86. The third kappa shape index (κ3) is 1.53. The smallest absolute Gasteiger partial charge is 0.203 e. The van der Waals surface area contributed by atoms with E-state index in [2.05, 4.69) is 0 Å². The molecule has 0 saturated heterocycles. The molecule has 1 aliphatic rings. The second-order valence-electron chi connectivity index (χ2n) is 5.20. The lowest BCUT2D eigenvalue weighted by Gasteiger charge is -2.13. The summed E-state index contributed by atoms with van der Waals surface area (Å²) in [4.78, 5) is 24.5. The number of hydrogen-bond donors (Lipinski definition) is 0. The summed E-state index contributed by atoms with van der Waals surface area (Å²) < 4.78 is 5.82. The summed E-state index contributed by atoms with van der Waals surface area (Å²) >= 11 is 0. The van der Waals surface area contributed by atoms with Crippen molar-refractivity contribution in [2.75, 3.05) is 0 Å². The first-order valence-corrected chi connectivity index (χ1v) is 6.76. The Morgan fingerprint density at radius 2 is 1.70 bits per heavy atom. The van der Waals surface area contributed by atoms with Gasteiger partial charge in [0.2, 0.25) is 5.43 Å². The van der Waals surface area contributed by atoms with E-state index in [0.717, 1.165) is 17.2 Å². The number of ketones is 1. The van der Waals surface area contributed by atoms with Gasteiger partial charge in [-0.05, 0) is 29.3 Å². The predicted octanol–water partition coefficient (Wildman–Crippen LogP) is 3.47. The molecule has 1 aromatic heterocycles. The van der Waals surface area contributed by atoms with E-state index in [9.17, 15) is 9.59 Å². The van der Waals surface area contributed by atoms with Gasteiger partial charge in [-0.1, -0.05) is 24.3 Å². The molecule has 1 aliphatic carbocycles. The Labute approximate surface area is 114 Å². The van der Waals surface area contributed by atoms with Gasteiger partial charge in [-0.2, -0.15) is 0 Å². The van der Waals surface area contributed by atoms with Crippen molar-refractivity contribution in [3.8, 4) is 0 Å². The number of aryl methyl sites for hydroxylation is 1. The molecule has 98 valence electrons. The molecule has 3 aromatic rings. The Balaban J connectivity index is 2.17. The lowest BCUT2D eigenvalue weighted by Crippen LogP contribution is -2.22. The van der Waals surface area contributed by atoms with Gasteiger partial charge in [0.05, 0.1) is 5.39 Å².